The smallest absolute Gasteiger partial charge is 0.244 e. The molecule has 0 aliphatic rings. The first-order chi connectivity index (χ1) is 12.1. The zero-order chi connectivity index (χ0) is 17.7. The molecular weight excluding hydrogens is 340 g/mol. The average molecular weight is 358 g/mol. The first-order valence-electron chi connectivity index (χ1n) is 7.64. The number of nitrogens with one attached hydrogen (secondary N) is 1. The fraction of sp³-hybridized carbons (Fsp3) is 0.176. The molecule has 3 aromatic rings. The van der Waals surface area contributed by atoms with Crippen LogP contribution in [0.5, 0.6) is 5.75 Å². The summed E-state index contributed by atoms with van der Waals surface area (Å²) in [4.78, 5) is 1.54. The van der Waals surface area contributed by atoms with Gasteiger partial charge in [0.25, 0.3) is 0 Å². The molecule has 1 N–H and O–H groups in total. The largest absolute Gasteiger partial charge is 0.495 e. The van der Waals surface area contributed by atoms with Gasteiger partial charge in [-0.3, -0.25) is 0 Å². The molecule has 2 aromatic carbocycles. The third kappa shape index (κ3) is 4.04. The maximum absolute atomic E-state index is 12.9. The van der Waals surface area contributed by atoms with E-state index < -0.39 is 16.1 Å². The first kappa shape index (κ1) is 17.1. The third-order valence-corrected chi connectivity index (χ3v) is 5.18. The van der Waals surface area contributed by atoms with E-state index in [4.69, 9.17) is 4.74 Å². The summed E-state index contributed by atoms with van der Waals surface area (Å²) < 4.78 is 33.7. The summed E-state index contributed by atoms with van der Waals surface area (Å²) in [5, 5.41) is 8.13. The molecule has 1 unspecified atom stereocenters. The van der Waals surface area contributed by atoms with Crippen LogP contribution in [0.2, 0.25) is 0 Å². The van der Waals surface area contributed by atoms with Gasteiger partial charge in [-0.2, -0.15) is 15.0 Å². The van der Waals surface area contributed by atoms with Crippen molar-refractivity contribution in [3.63, 3.8) is 0 Å². The number of hydrogen-bond acceptors (Lipinski definition) is 5. The Bertz CT molecular complexity index is 912. The molecule has 0 fully saturated rings. The number of para-hydroxylation sites is 1. The fourth-order valence-corrected chi connectivity index (χ4v) is 3.87. The standard InChI is InChI=1S/C17H18N4O3S/c1-24-16-9-5-6-10-17(16)25(22,23)20-15(13-21-18-11-12-19-21)14-7-3-2-4-8-14/h2-12,15,20H,13H2,1H3. The van der Waals surface area contributed by atoms with Crippen LogP contribution >= 0.6 is 0 Å². The minimum atomic E-state index is -3.80. The van der Waals surface area contributed by atoms with Crippen LogP contribution in [0.25, 0.3) is 0 Å². The number of ether oxygens (including phenoxy) is 1. The van der Waals surface area contributed by atoms with Crippen molar-refractivity contribution < 1.29 is 13.2 Å². The zero-order valence-electron chi connectivity index (χ0n) is 13.6. The maximum Gasteiger partial charge on any atom is 0.244 e. The molecule has 0 aliphatic carbocycles. The van der Waals surface area contributed by atoms with Gasteiger partial charge in [0, 0.05) is 0 Å². The van der Waals surface area contributed by atoms with Crippen LogP contribution < -0.4 is 9.46 Å². The molecule has 3 rings (SSSR count). The van der Waals surface area contributed by atoms with E-state index in [9.17, 15) is 8.42 Å². The predicted octanol–water partition coefficient (Wildman–Crippen LogP) is 2.01. The summed E-state index contributed by atoms with van der Waals surface area (Å²) in [6, 6.07) is 15.3. The summed E-state index contributed by atoms with van der Waals surface area (Å²) in [7, 11) is -2.36. The molecule has 0 radical (unpaired) electrons. The van der Waals surface area contributed by atoms with Gasteiger partial charge in [-0.1, -0.05) is 42.5 Å². The molecule has 8 heteroatoms. The van der Waals surface area contributed by atoms with Gasteiger partial charge in [0.2, 0.25) is 10.0 Å². The Kier molecular flexibility index (Phi) is 5.11. The van der Waals surface area contributed by atoms with Crippen molar-refractivity contribution in [2.24, 2.45) is 0 Å². The molecule has 1 heterocycles. The molecule has 1 atom stereocenters. The van der Waals surface area contributed by atoms with Crippen LogP contribution in [0, 0.1) is 0 Å². The summed E-state index contributed by atoms with van der Waals surface area (Å²) >= 11 is 0. The average Bonchev–Trinajstić information content (AvgIpc) is 3.15. The highest BCUT2D eigenvalue weighted by Crippen LogP contribution is 2.25. The van der Waals surface area contributed by atoms with Gasteiger partial charge in [0.05, 0.1) is 32.1 Å². The Morgan fingerprint density at radius 2 is 1.68 bits per heavy atom. The lowest BCUT2D eigenvalue weighted by atomic mass is 10.1. The number of rotatable bonds is 7. The Labute approximate surface area is 146 Å². The van der Waals surface area contributed by atoms with Crippen molar-refractivity contribution in [3.8, 4) is 5.75 Å². The van der Waals surface area contributed by atoms with Crippen molar-refractivity contribution in [1.82, 2.24) is 19.7 Å². The SMILES string of the molecule is COc1ccccc1S(=O)(=O)NC(Cn1nccn1)c1ccccc1. The van der Waals surface area contributed by atoms with Crippen molar-refractivity contribution >= 4 is 10.0 Å². The van der Waals surface area contributed by atoms with Crippen LogP contribution in [-0.2, 0) is 16.6 Å². The number of hydrogen-bond donors (Lipinski definition) is 1. The second-order valence-corrected chi connectivity index (χ2v) is 7.00. The van der Waals surface area contributed by atoms with Crippen molar-refractivity contribution in [1.29, 1.82) is 0 Å². The van der Waals surface area contributed by atoms with Gasteiger partial charge in [-0.25, -0.2) is 13.1 Å². The second kappa shape index (κ2) is 7.45. The number of nitrogens with zero attached hydrogens (tertiary/aromatic N) is 3. The van der Waals surface area contributed by atoms with Gasteiger partial charge < -0.3 is 4.74 Å². The monoisotopic (exact) mass is 358 g/mol. The van der Waals surface area contributed by atoms with E-state index in [1.54, 1.807) is 30.6 Å². The normalized spacial score (nSPS) is 12.7. The van der Waals surface area contributed by atoms with Crippen LogP contribution in [0.15, 0.2) is 71.9 Å². The van der Waals surface area contributed by atoms with E-state index in [1.807, 2.05) is 30.3 Å². The lowest BCUT2D eigenvalue weighted by Gasteiger charge is -2.19. The maximum atomic E-state index is 12.9. The van der Waals surface area contributed by atoms with E-state index in [-0.39, 0.29) is 11.4 Å². The molecule has 1 aromatic heterocycles. The van der Waals surface area contributed by atoms with Gasteiger partial charge >= 0.3 is 0 Å². The Balaban J connectivity index is 1.94. The van der Waals surface area contributed by atoms with Gasteiger partial charge in [-0.05, 0) is 17.7 Å². The second-order valence-electron chi connectivity index (χ2n) is 5.32. The molecule has 130 valence electrons. The van der Waals surface area contributed by atoms with Crippen molar-refractivity contribution in [2.45, 2.75) is 17.5 Å². The highest BCUT2D eigenvalue weighted by atomic mass is 32.2. The molecule has 25 heavy (non-hydrogen) atoms. The van der Waals surface area contributed by atoms with E-state index in [0.717, 1.165) is 5.56 Å². The summed E-state index contributed by atoms with van der Waals surface area (Å²) in [6.07, 6.45) is 3.10. The number of aromatic nitrogens is 3. The van der Waals surface area contributed by atoms with E-state index in [1.165, 1.54) is 18.0 Å². The molecule has 0 saturated carbocycles. The first-order valence-corrected chi connectivity index (χ1v) is 9.13. The topological polar surface area (TPSA) is 86.1 Å². The van der Waals surface area contributed by atoms with E-state index in [0.29, 0.717) is 5.75 Å². The number of methoxy groups -OCH3 is 1. The van der Waals surface area contributed by atoms with Crippen molar-refractivity contribution in [2.75, 3.05) is 7.11 Å². The number of benzene rings is 2. The third-order valence-electron chi connectivity index (χ3n) is 3.67. The lowest BCUT2D eigenvalue weighted by Crippen LogP contribution is -2.32. The van der Waals surface area contributed by atoms with Gasteiger partial charge in [-0.15, -0.1) is 0 Å². The summed E-state index contributed by atoms with van der Waals surface area (Å²) in [5.41, 5.74) is 0.818. The van der Waals surface area contributed by atoms with Crippen LogP contribution in [0.1, 0.15) is 11.6 Å². The lowest BCUT2D eigenvalue weighted by molar-refractivity contribution is 0.400. The molecule has 7 nitrogen and oxygen atoms in total. The minimum absolute atomic E-state index is 0.0897. The highest BCUT2D eigenvalue weighted by Gasteiger charge is 2.25. The molecule has 0 bridgehead atoms. The summed E-state index contributed by atoms with van der Waals surface area (Å²) in [5.74, 6) is 0.291. The molecule has 0 aliphatic heterocycles. The fourth-order valence-electron chi connectivity index (χ4n) is 2.49. The molecule has 0 saturated heterocycles. The molecule has 0 spiro atoms. The Morgan fingerprint density at radius 3 is 2.36 bits per heavy atom. The quantitative estimate of drug-likeness (QED) is 0.698. The van der Waals surface area contributed by atoms with Gasteiger partial charge in [0.1, 0.15) is 10.6 Å². The molecule has 0 amide bonds. The van der Waals surface area contributed by atoms with E-state index in [2.05, 4.69) is 14.9 Å². The minimum Gasteiger partial charge on any atom is -0.495 e. The predicted molar refractivity (Wildman–Crippen MR) is 92.5 cm³/mol. The number of sulfonamides is 1. The van der Waals surface area contributed by atoms with Crippen molar-refractivity contribution in [3.05, 3.63) is 72.6 Å². The Morgan fingerprint density at radius 1 is 1.04 bits per heavy atom. The van der Waals surface area contributed by atoms with Crippen LogP contribution in [0.3, 0.4) is 0 Å². The Hall–Kier alpha value is -2.71. The van der Waals surface area contributed by atoms with E-state index >= 15 is 0 Å². The zero-order valence-corrected chi connectivity index (χ0v) is 14.4. The van der Waals surface area contributed by atoms with Crippen LogP contribution in [0.4, 0.5) is 0 Å². The summed E-state index contributed by atoms with van der Waals surface area (Å²) in [6.45, 7) is 0.269. The van der Waals surface area contributed by atoms with Gasteiger partial charge in [0.15, 0.2) is 0 Å². The molecular formula is C17H18N4O3S. The van der Waals surface area contributed by atoms with Crippen LogP contribution in [-0.4, -0.2) is 30.5 Å². The highest BCUT2D eigenvalue weighted by molar-refractivity contribution is 7.89.